The first-order chi connectivity index (χ1) is 11.2. The summed E-state index contributed by atoms with van der Waals surface area (Å²) in [6.07, 6.45) is 0. The molecule has 3 aromatic rings. The van der Waals surface area contributed by atoms with Crippen LogP contribution in [0.5, 0.6) is 0 Å². The predicted molar refractivity (Wildman–Crippen MR) is 103 cm³/mol. The maximum absolute atomic E-state index is 3.60. The molecule has 1 unspecified atom stereocenters. The number of benzene rings is 3. The zero-order valence-corrected chi connectivity index (χ0v) is 15.4. The summed E-state index contributed by atoms with van der Waals surface area (Å²) in [4.78, 5) is 3.76. The minimum Gasteiger partial charge on any atom is -0.301 e. The average Bonchev–Trinajstić information content (AvgIpc) is 2.54. The lowest BCUT2D eigenvalue weighted by Crippen LogP contribution is -2.29. The molecule has 0 fully saturated rings. The molecule has 0 aromatic heterocycles. The largest absolute Gasteiger partial charge is 0.301 e. The Bertz CT molecular complexity index is 861. The molecule has 1 aliphatic heterocycles. The number of rotatable bonds is 2. The van der Waals surface area contributed by atoms with Crippen molar-refractivity contribution in [3.8, 4) is 0 Å². The maximum Gasteiger partial charge on any atom is 0.0474 e. The molecule has 1 aliphatic rings. The molecule has 1 heterocycles. The molecule has 0 saturated heterocycles. The molecule has 0 N–H and O–H groups in total. The van der Waals surface area contributed by atoms with Crippen LogP contribution in [0, 0.1) is 0 Å². The summed E-state index contributed by atoms with van der Waals surface area (Å²) >= 11 is 5.57. The molecule has 23 heavy (non-hydrogen) atoms. The third-order valence-electron chi connectivity index (χ3n) is 4.37. The summed E-state index contributed by atoms with van der Waals surface area (Å²) in [5.74, 6) is 0. The van der Waals surface area contributed by atoms with Gasteiger partial charge in [0.15, 0.2) is 0 Å². The summed E-state index contributed by atoms with van der Waals surface area (Å²) in [6.45, 7) is 2.12. The van der Waals surface area contributed by atoms with Gasteiger partial charge in [-0.05, 0) is 53.2 Å². The van der Waals surface area contributed by atoms with Crippen molar-refractivity contribution in [2.24, 2.45) is 0 Å². The molecule has 0 saturated carbocycles. The molecule has 0 bridgehead atoms. The quantitative estimate of drug-likeness (QED) is 0.543. The summed E-state index contributed by atoms with van der Waals surface area (Å²) in [7, 11) is 2.21. The van der Waals surface area contributed by atoms with Crippen molar-refractivity contribution in [1.29, 1.82) is 0 Å². The first-order valence-electron chi connectivity index (χ1n) is 7.81. The summed E-state index contributed by atoms with van der Waals surface area (Å²) in [5, 5.41) is 3.11. The fourth-order valence-corrected chi connectivity index (χ4v) is 5.03. The molecule has 0 aliphatic carbocycles. The predicted octanol–water partition coefficient (Wildman–Crippen LogP) is 5.88. The van der Waals surface area contributed by atoms with E-state index in [2.05, 4.69) is 88.5 Å². The highest BCUT2D eigenvalue weighted by Crippen LogP contribution is 2.41. The number of fused-ring (bicyclic) bond motifs is 2. The van der Waals surface area contributed by atoms with Gasteiger partial charge in [-0.1, -0.05) is 52.3 Å². The minimum absolute atomic E-state index is 0.484. The van der Waals surface area contributed by atoms with Crippen molar-refractivity contribution in [1.82, 2.24) is 4.90 Å². The first kappa shape index (κ1) is 15.3. The van der Waals surface area contributed by atoms with Gasteiger partial charge in [0.2, 0.25) is 0 Å². The van der Waals surface area contributed by atoms with Crippen LogP contribution in [0.25, 0.3) is 10.8 Å². The Labute approximate surface area is 149 Å². The lowest BCUT2D eigenvalue weighted by Gasteiger charge is -2.32. The Kier molecular flexibility index (Phi) is 4.18. The van der Waals surface area contributed by atoms with Crippen LogP contribution in [0.2, 0.25) is 0 Å². The van der Waals surface area contributed by atoms with E-state index in [9.17, 15) is 0 Å². The van der Waals surface area contributed by atoms with Gasteiger partial charge in [-0.15, -0.1) is 11.8 Å². The molecule has 0 spiro atoms. The molecule has 0 radical (unpaired) electrons. The van der Waals surface area contributed by atoms with E-state index in [1.165, 1.54) is 31.3 Å². The van der Waals surface area contributed by atoms with Crippen molar-refractivity contribution in [3.05, 3.63) is 76.3 Å². The van der Waals surface area contributed by atoms with Gasteiger partial charge in [-0.2, -0.15) is 0 Å². The van der Waals surface area contributed by atoms with Crippen molar-refractivity contribution < 1.29 is 0 Å². The zero-order valence-electron chi connectivity index (χ0n) is 13.0. The van der Waals surface area contributed by atoms with Gasteiger partial charge >= 0.3 is 0 Å². The van der Waals surface area contributed by atoms with Gasteiger partial charge in [-0.3, -0.25) is 0 Å². The number of halogens is 1. The Hall–Kier alpha value is -1.29. The Balaban J connectivity index is 1.67. The van der Waals surface area contributed by atoms with E-state index in [-0.39, 0.29) is 0 Å². The van der Waals surface area contributed by atoms with E-state index in [1.54, 1.807) is 0 Å². The van der Waals surface area contributed by atoms with Gasteiger partial charge in [0.25, 0.3) is 0 Å². The van der Waals surface area contributed by atoms with Crippen molar-refractivity contribution in [2.75, 3.05) is 13.6 Å². The van der Waals surface area contributed by atoms with E-state index in [1.807, 2.05) is 11.8 Å². The van der Waals surface area contributed by atoms with E-state index < -0.39 is 0 Å². The summed E-state index contributed by atoms with van der Waals surface area (Å²) in [5.41, 5.74) is 2.91. The molecular weight excluding hydrogens is 366 g/mol. The standard InChI is InChI=1S/C20H18BrNS/c1-22-12-16-10-17(21)7-9-19(16)20(13-22)23-18-8-6-14-4-2-3-5-15(14)11-18/h2-11,20H,12-13H2,1H3. The number of thioether (sulfide) groups is 1. The molecule has 1 nitrogen and oxygen atoms in total. The molecule has 116 valence electrons. The molecular formula is C20H18BrNS. The lowest BCUT2D eigenvalue weighted by molar-refractivity contribution is 0.310. The van der Waals surface area contributed by atoms with Crippen LogP contribution in [-0.2, 0) is 6.54 Å². The zero-order chi connectivity index (χ0) is 15.8. The number of nitrogens with zero attached hydrogens (tertiary/aromatic N) is 1. The highest BCUT2D eigenvalue weighted by Gasteiger charge is 2.24. The van der Waals surface area contributed by atoms with Crippen molar-refractivity contribution in [2.45, 2.75) is 16.7 Å². The monoisotopic (exact) mass is 383 g/mol. The van der Waals surface area contributed by atoms with Crippen LogP contribution in [0.3, 0.4) is 0 Å². The van der Waals surface area contributed by atoms with Crippen LogP contribution >= 0.6 is 27.7 Å². The van der Waals surface area contributed by atoms with Gasteiger partial charge in [-0.25, -0.2) is 0 Å². The number of hydrogen-bond acceptors (Lipinski definition) is 2. The topological polar surface area (TPSA) is 3.24 Å². The summed E-state index contributed by atoms with van der Waals surface area (Å²) in [6, 6.07) is 22.1. The smallest absolute Gasteiger partial charge is 0.0474 e. The molecule has 1 atom stereocenters. The third-order valence-corrected chi connectivity index (χ3v) is 6.08. The third kappa shape index (κ3) is 3.18. The fourth-order valence-electron chi connectivity index (χ4n) is 3.27. The van der Waals surface area contributed by atoms with Gasteiger partial charge in [0.05, 0.1) is 0 Å². The van der Waals surface area contributed by atoms with Crippen LogP contribution in [-0.4, -0.2) is 18.5 Å². The van der Waals surface area contributed by atoms with E-state index >= 15 is 0 Å². The SMILES string of the molecule is CN1Cc2cc(Br)ccc2C(Sc2ccc3ccccc3c2)C1. The minimum atomic E-state index is 0.484. The second-order valence-electron chi connectivity index (χ2n) is 6.16. The Morgan fingerprint density at radius 2 is 1.83 bits per heavy atom. The second-order valence-corrected chi connectivity index (χ2v) is 8.35. The van der Waals surface area contributed by atoms with Gasteiger partial charge in [0, 0.05) is 27.7 Å². The maximum atomic E-state index is 3.60. The Morgan fingerprint density at radius 3 is 2.70 bits per heavy atom. The Morgan fingerprint density at radius 1 is 1.00 bits per heavy atom. The van der Waals surface area contributed by atoms with Gasteiger partial charge in [0.1, 0.15) is 0 Å². The average molecular weight is 384 g/mol. The lowest BCUT2D eigenvalue weighted by atomic mass is 10.00. The van der Waals surface area contributed by atoms with Crippen LogP contribution in [0.4, 0.5) is 0 Å². The first-order valence-corrected chi connectivity index (χ1v) is 9.49. The summed E-state index contributed by atoms with van der Waals surface area (Å²) < 4.78 is 1.17. The second kappa shape index (κ2) is 6.31. The molecule has 0 amide bonds. The highest BCUT2D eigenvalue weighted by molar-refractivity contribution is 9.10. The normalized spacial score (nSPS) is 18.1. The number of hydrogen-bond donors (Lipinski definition) is 0. The van der Waals surface area contributed by atoms with E-state index in [4.69, 9.17) is 0 Å². The van der Waals surface area contributed by atoms with E-state index in [0.717, 1.165) is 13.1 Å². The van der Waals surface area contributed by atoms with Crippen molar-refractivity contribution >= 4 is 38.5 Å². The van der Waals surface area contributed by atoms with Crippen molar-refractivity contribution in [3.63, 3.8) is 0 Å². The molecule has 3 heteroatoms. The van der Waals surface area contributed by atoms with Crippen LogP contribution < -0.4 is 0 Å². The molecule has 4 rings (SSSR count). The molecule has 3 aromatic carbocycles. The fraction of sp³-hybridized carbons (Fsp3) is 0.200. The van der Waals surface area contributed by atoms with Gasteiger partial charge < -0.3 is 4.90 Å². The van der Waals surface area contributed by atoms with Crippen LogP contribution in [0.15, 0.2) is 70.0 Å². The van der Waals surface area contributed by atoms with Crippen LogP contribution in [0.1, 0.15) is 16.4 Å². The highest BCUT2D eigenvalue weighted by atomic mass is 79.9. The van der Waals surface area contributed by atoms with E-state index in [0.29, 0.717) is 5.25 Å². The number of likely N-dealkylation sites (N-methyl/N-ethyl adjacent to an activating group) is 1.